The Bertz CT molecular complexity index is 1040. The van der Waals surface area contributed by atoms with Gasteiger partial charge in [-0.1, -0.05) is 53.0 Å². The third-order valence-corrected chi connectivity index (χ3v) is 6.10. The van der Waals surface area contributed by atoms with Gasteiger partial charge in [0.2, 0.25) is 5.91 Å². The summed E-state index contributed by atoms with van der Waals surface area (Å²) in [5, 5.41) is 0.432. The van der Waals surface area contributed by atoms with Gasteiger partial charge in [-0.2, -0.15) is 13.2 Å². The van der Waals surface area contributed by atoms with E-state index in [1.807, 2.05) is 6.92 Å². The molecule has 0 saturated carbocycles. The fourth-order valence-electron chi connectivity index (χ4n) is 3.47. The first kappa shape index (κ1) is 27.5. The Kier molecular flexibility index (Phi) is 9.02. The number of aryl methyl sites for hydroxylation is 1. The Morgan fingerprint density at radius 1 is 1.06 bits per heavy atom. The van der Waals surface area contributed by atoms with E-state index in [9.17, 15) is 22.8 Å². The van der Waals surface area contributed by atoms with Crippen LogP contribution in [0, 0.1) is 6.92 Å². The molecule has 0 N–H and O–H groups in total. The van der Waals surface area contributed by atoms with Crippen molar-refractivity contribution < 1.29 is 27.5 Å². The largest absolute Gasteiger partial charge is 0.415 e. The van der Waals surface area contributed by atoms with E-state index in [1.54, 1.807) is 30.3 Å². The first-order valence-electron chi connectivity index (χ1n) is 10.2. The lowest BCUT2D eigenvalue weighted by Gasteiger charge is -2.43. The van der Waals surface area contributed by atoms with Crippen molar-refractivity contribution in [2.45, 2.75) is 31.5 Å². The lowest BCUT2D eigenvalue weighted by molar-refractivity contribution is -0.161. The van der Waals surface area contributed by atoms with Crippen LogP contribution in [-0.2, 0) is 10.3 Å². The smallest absolute Gasteiger partial charge is 0.410 e. The SMILES string of the molecule is C=CC[C@@](CN(C)C(=O)CC(F)(F)F)(c1ccc(Cl)c(Cl)c1)N(C)C(=O)Oc1ccc(C)cc1. The summed E-state index contributed by atoms with van der Waals surface area (Å²) in [6.07, 6.45) is -5.51. The van der Waals surface area contributed by atoms with Crippen molar-refractivity contribution in [3.05, 3.63) is 76.3 Å². The molecule has 0 unspecified atom stereocenters. The van der Waals surface area contributed by atoms with E-state index >= 15 is 0 Å². The number of benzene rings is 2. The number of ether oxygens (including phenoxy) is 1. The number of hydrogen-bond acceptors (Lipinski definition) is 3. The number of rotatable bonds is 8. The summed E-state index contributed by atoms with van der Waals surface area (Å²) in [5.41, 5.74) is 0.0555. The molecular weight excluding hydrogens is 492 g/mol. The van der Waals surface area contributed by atoms with E-state index in [4.69, 9.17) is 27.9 Å². The predicted molar refractivity (Wildman–Crippen MR) is 126 cm³/mol. The highest BCUT2D eigenvalue weighted by Crippen LogP contribution is 2.37. The summed E-state index contributed by atoms with van der Waals surface area (Å²) in [4.78, 5) is 27.6. The molecule has 0 radical (unpaired) electrons. The zero-order valence-electron chi connectivity index (χ0n) is 19.0. The van der Waals surface area contributed by atoms with Gasteiger partial charge in [-0.3, -0.25) is 9.69 Å². The molecule has 2 aromatic rings. The number of nitrogens with zero attached hydrogens (tertiary/aromatic N) is 2. The average Bonchev–Trinajstić information content (AvgIpc) is 2.75. The van der Waals surface area contributed by atoms with Gasteiger partial charge in [-0.15, -0.1) is 6.58 Å². The van der Waals surface area contributed by atoms with Crippen molar-refractivity contribution in [3.63, 3.8) is 0 Å². The number of alkyl halides is 3. The second kappa shape index (κ2) is 11.1. The summed E-state index contributed by atoms with van der Waals surface area (Å²) in [5.74, 6) is -0.869. The Balaban J connectivity index is 2.51. The molecule has 2 aromatic carbocycles. The van der Waals surface area contributed by atoms with Crippen LogP contribution in [0.5, 0.6) is 5.75 Å². The second-order valence-electron chi connectivity index (χ2n) is 7.94. The van der Waals surface area contributed by atoms with Crippen LogP contribution >= 0.6 is 23.2 Å². The summed E-state index contributed by atoms with van der Waals surface area (Å²) < 4.78 is 44.0. The highest BCUT2D eigenvalue weighted by Gasteiger charge is 2.43. The minimum Gasteiger partial charge on any atom is -0.410 e. The van der Waals surface area contributed by atoms with Crippen LogP contribution in [0.2, 0.25) is 10.0 Å². The van der Waals surface area contributed by atoms with Crippen LogP contribution in [0.3, 0.4) is 0 Å². The topological polar surface area (TPSA) is 49.9 Å². The lowest BCUT2D eigenvalue weighted by Crippen LogP contribution is -2.55. The van der Waals surface area contributed by atoms with Crippen LogP contribution in [0.4, 0.5) is 18.0 Å². The van der Waals surface area contributed by atoms with Crippen molar-refractivity contribution >= 4 is 35.2 Å². The quantitative estimate of drug-likeness (QED) is 0.370. The molecule has 0 aromatic heterocycles. The molecule has 0 aliphatic rings. The molecule has 0 saturated heterocycles. The second-order valence-corrected chi connectivity index (χ2v) is 8.75. The number of carbonyl (C=O) groups excluding carboxylic acids is 2. The lowest BCUT2D eigenvalue weighted by atomic mass is 9.84. The first-order valence-corrected chi connectivity index (χ1v) is 10.9. The van der Waals surface area contributed by atoms with Crippen molar-refractivity contribution in [2.75, 3.05) is 20.6 Å². The van der Waals surface area contributed by atoms with E-state index < -0.39 is 30.1 Å². The Morgan fingerprint density at radius 3 is 2.21 bits per heavy atom. The average molecular weight is 517 g/mol. The van der Waals surface area contributed by atoms with Crippen molar-refractivity contribution in [2.24, 2.45) is 0 Å². The molecule has 5 nitrogen and oxygen atoms in total. The van der Waals surface area contributed by atoms with Gasteiger partial charge >= 0.3 is 12.3 Å². The van der Waals surface area contributed by atoms with Gasteiger partial charge in [0.05, 0.1) is 15.6 Å². The highest BCUT2D eigenvalue weighted by atomic mass is 35.5. The van der Waals surface area contributed by atoms with Gasteiger partial charge < -0.3 is 9.64 Å². The maximum Gasteiger partial charge on any atom is 0.415 e. The van der Waals surface area contributed by atoms with Gasteiger partial charge in [-0.05, 0) is 43.2 Å². The third-order valence-electron chi connectivity index (χ3n) is 5.36. The van der Waals surface area contributed by atoms with E-state index in [-0.39, 0.29) is 28.8 Å². The van der Waals surface area contributed by atoms with Crippen molar-refractivity contribution in [1.29, 1.82) is 0 Å². The monoisotopic (exact) mass is 516 g/mol. The maximum atomic E-state index is 13.2. The number of likely N-dealkylation sites (N-methyl/N-ethyl adjacent to an activating group) is 2. The Morgan fingerprint density at radius 2 is 1.68 bits per heavy atom. The van der Waals surface area contributed by atoms with Crippen LogP contribution in [0.25, 0.3) is 0 Å². The summed E-state index contributed by atoms with van der Waals surface area (Å²) in [7, 11) is 2.67. The molecule has 2 rings (SSSR count). The molecule has 0 aliphatic heterocycles. The minimum absolute atomic E-state index is 0.0775. The zero-order valence-corrected chi connectivity index (χ0v) is 20.5. The van der Waals surface area contributed by atoms with Gasteiger partial charge in [0.15, 0.2) is 0 Å². The number of hydrogen-bond donors (Lipinski definition) is 0. The molecule has 1 atom stereocenters. The van der Waals surface area contributed by atoms with Crippen LogP contribution < -0.4 is 4.74 Å². The van der Waals surface area contributed by atoms with Gasteiger partial charge in [0.25, 0.3) is 0 Å². The van der Waals surface area contributed by atoms with Crippen LogP contribution in [-0.4, -0.2) is 48.6 Å². The first-order chi connectivity index (χ1) is 15.8. The fourth-order valence-corrected chi connectivity index (χ4v) is 3.77. The minimum atomic E-state index is -4.67. The van der Waals surface area contributed by atoms with Gasteiger partial charge in [-0.25, -0.2) is 4.79 Å². The molecule has 0 aliphatic carbocycles. The molecule has 184 valence electrons. The molecule has 34 heavy (non-hydrogen) atoms. The van der Waals surface area contributed by atoms with Crippen molar-refractivity contribution in [1.82, 2.24) is 9.80 Å². The molecular formula is C24H25Cl2F3N2O3. The van der Waals surface area contributed by atoms with Gasteiger partial charge in [0.1, 0.15) is 12.2 Å². The molecule has 10 heteroatoms. The van der Waals surface area contributed by atoms with E-state index in [2.05, 4.69) is 6.58 Å². The number of halogens is 5. The molecule has 0 bridgehead atoms. The number of carbonyl (C=O) groups is 2. The standard InChI is InChI=1S/C24H25Cl2F3N2O3/c1-5-12-23(17-8-11-19(25)20(26)13-17,15-30(3)21(32)14-24(27,28)29)31(4)22(33)34-18-9-6-16(2)7-10-18/h5-11,13H,1,12,14-15H2,2-4H3/t23-/m1/s1. The van der Waals surface area contributed by atoms with E-state index in [0.29, 0.717) is 5.56 Å². The fraction of sp³-hybridized carbons (Fsp3) is 0.333. The van der Waals surface area contributed by atoms with Crippen molar-refractivity contribution in [3.8, 4) is 5.75 Å². The molecule has 0 spiro atoms. The third kappa shape index (κ3) is 6.90. The summed E-state index contributed by atoms with van der Waals surface area (Å²) >= 11 is 12.3. The normalized spacial score (nSPS) is 13.1. The van der Waals surface area contributed by atoms with E-state index in [0.717, 1.165) is 10.5 Å². The predicted octanol–water partition coefficient (Wildman–Crippen LogP) is 6.61. The Hall–Kier alpha value is -2.71. The van der Waals surface area contributed by atoms with Crippen LogP contribution in [0.1, 0.15) is 24.0 Å². The maximum absolute atomic E-state index is 13.2. The van der Waals surface area contributed by atoms with Gasteiger partial charge in [0, 0.05) is 20.6 Å². The zero-order chi connectivity index (χ0) is 25.7. The summed E-state index contributed by atoms with van der Waals surface area (Å²) in [6, 6.07) is 11.4. The molecule has 0 heterocycles. The molecule has 2 amide bonds. The van der Waals surface area contributed by atoms with Crippen LogP contribution in [0.15, 0.2) is 55.1 Å². The highest BCUT2D eigenvalue weighted by molar-refractivity contribution is 6.42. The molecule has 0 fully saturated rings. The van der Waals surface area contributed by atoms with E-state index in [1.165, 1.54) is 37.2 Å². The number of amides is 2. The Labute approximate surface area is 206 Å². The summed E-state index contributed by atoms with van der Waals surface area (Å²) in [6.45, 7) is 5.33.